The molecule has 0 unspecified atom stereocenters. The third kappa shape index (κ3) is 2.01. The predicted octanol–water partition coefficient (Wildman–Crippen LogP) is 3.31. The van der Waals surface area contributed by atoms with Crippen molar-refractivity contribution in [3.63, 3.8) is 0 Å². The summed E-state index contributed by atoms with van der Waals surface area (Å²) < 4.78 is 0. The Kier molecular flexibility index (Phi) is 2.82. The van der Waals surface area contributed by atoms with Crippen molar-refractivity contribution in [2.75, 3.05) is 5.73 Å². The van der Waals surface area contributed by atoms with Gasteiger partial charge in [0, 0.05) is 11.3 Å². The highest BCUT2D eigenvalue weighted by molar-refractivity contribution is 5.76. The topological polar surface area (TPSA) is 54.7 Å². The van der Waals surface area contributed by atoms with Gasteiger partial charge in [-0.25, -0.2) is 0 Å². The highest BCUT2D eigenvalue weighted by atomic mass is 15.2. The molecular weight excluding hydrogens is 222 g/mol. The van der Waals surface area contributed by atoms with Crippen LogP contribution in [0.4, 0.5) is 5.82 Å². The zero-order chi connectivity index (χ0) is 12.5. The van der Waals surface area contributed by atoms with Crippen molar-refractivity contribution in [2.45, 2.75) is 32.6 Å². The molecule has 3 rings (SSSR count). The van der Waals surface area contributed by atoms with Gasteiger partial charge in [-0.3, -0.25) is 5.10 Å². The minimum absolute atomic E-state index is 0.619. The Morgan fingerprint density at radius 1 is 1.28 bits per heavy atom. The number of hydrogen-bond donors (Lipinski definition) is 2. The molecule has 0 bridgehead atoms. The van der Waals surface area contributed by atoms with Crippen LogP contribution in [0.25, 0.3) is 11.1 Å². The second-order valence-corrected chi connectivity index (χ2v) is 5.33. The third-order valence-corrected chi connectivity index (χ3v) is 3.93. The molecule has 94 valence electrons. The van der Waals surface area contributed by atoms with E-state index in [0.717, 1.165) is 17.9 Å². The third-order valence-electron chi connectivity index (χ3n) is 3.93. The van der Waals surface area contributed by atoms with Crippen LogP contribution < -0.4 is 5.73 Å². The molecule has 0 amide bonds. The molecule has 1 aliphatic carbocycles. The van der Waals surface area contributed by atoms with E-state index in [1.54, 1.807) is 0 Å². The van der Waals surface area contributed by atoms with Crippen molar-refractivity contribution >= 4 is 5.82 Å². The van der Waals surface area contributed by atoms with E-state index in [9.17, 15) is 0 Å². The second kappa shape index (κ2) is 4.48. The lowest BCUT2D eigenvalue weighted by atomic mass is 9.81. The molecule has 1 heterocycles. The smallest absolute Gasteiger partial charge is 0.153 e. The fourth-order valence-electron chi connectivity index (χ4n) is 2.57. The van der Waals surface area contributed by atoms with Crippen LogP contribution >= 0.6 is 0 Å². The summed E-state index contributed by atoms with van der Waals surface area (Å²) in [5, 5.41) is 7.29. The van der Waals surface area contributed by atoms with Gasteiger partial charge in [0.15, 0.2) is 5.82 Å². The highest BCUT2D eigenvalue weighted by Gasteiger charge is 2.21. The van der Waals surface area contributed by atoms with E-state index in [1.165, 1.54) is 36.1 Å². The summed E-state index contributed by atoms with van der Waals surface area (Å²) in [6.07, 6.45) is 5.13. The summed E-state index contributed by atoms with van der Waals surface area (Å²) in [5.41, 5.74) is 10.7. The molecule has 1 fully saturated rings. The number of H-pyrrole nitrogens is 1. The number of nitrogens with zero attached hydrogens (tertiary/aromatic N) is 1. The van der Waals surface area contributed by atoms with Crippen LogP contribution in [0.2, 0.25) is 0 Å². The van der Waals surface area contributed by atoms with Crippen LogP contribution in [0.5, 0.6) is 0 Å². The van der Waals surface area contributed by atoms with Gasteiger partial charge in [0.2, 0.25) is 0 Å². The molecule has 18 heavy (non-hydrogen) atoms. The lowest BCUT2D eigenvalue weighted by Crippen LogP contribution is -2.14. The summed E-state index contributed by atoms with van der Waals surface area (Å²) in [6.45, 7) is 2.10. The maximum Gasteiger partial charge on any atom is 0.153 e. The van der Waals surface area contributed by atoms with E-state index in [1.807, 2.05) is 0 Å². The largest absolute Gasteiger partial charge is 0.382 e. The molecule has 1 aromatic heterocycles. The molecule has 2 aromatic rings. The van der Waals surface area contributed by atoms with Crippen molar-refractivity contribution < 1.29 is 0 Å². The van der Waals surface area contributed by atoms with Gasteiger partial charge in [0.1, 0.15) is 0 Å². The zero-order valence-electron chi connectivity index (χ0n) is 10.7. The van der Waals surface area contributed by atoms with Crippen molar-refractivity contribution in [2.24, 2.45) is 5.92 Å². The van der Waals surface area contributed by atoms with E-state index in [4.69, 9.17) is 5.73 Å². The molecule has 0 spiro atoms. The van der Waals surface area contributed by atoms with Crippen LogP contribution in [0, 0.1) is 12.8 Å². The molecule has 0 radical (unpaired) electrons. The van der Waals surface area contributed by atoms with Gasteiger partial charge in [-0.1, -0.05) is 49.1 Å². The molecule has 0 atom stereocenters. The van der Waals surface area contributed by atoms with Crippen molar-refractivity contribution in [3.05, 3.63) is 35.5 Å². The number of hydrogen-bond acceptors (Lipinski definition) is 2. The SMILES string of the molecule is Cc1ccc(-c2c(N)n[nH]c2CC2CCC2)cc1. The number of aromatic nitrogens is 2. The van der Waals surface area contributed by atoms with E-state index in [-0.39, 0.29) is 0 Å². The Morgan fingerprint density at radius 3 is 2.61 bits per heavy atom. The van der Waals surface area contributed by atoms with Crippen LogP contribution in [0.15, 0.2) is 24.3 Å². The minimum atomic E-state index is 0.619. The van der Waals surface area contributed by atoms with Gasteiger partial charge in [-0.05, 0) is 24.8 Å². The molecule has 3 N–H and O–H groups in total. The van der Waals surface area contributed by atoms with E-state index < -0.39 is 0 Å². The van der Waals surface area contributed by atoms with Gasteiger partial charge < -0.3 is 5.73 Å². The Balaban J connectivity index is 1.94. The number of nitrogens with one attached hydrogen (secondary N) is 1. The quantitative estimate of drug-likeness (QED) is 0.866. The first-order chi connectivity index (χ1) is 8.74. The number of nitrogen functional groups attached to an aromatic ring is 1. The van der Waals surface area contributed by atoms with Crippen LogP contribution in [0.3, 0.4) is 0 Å². The Morgan fingerprint density at radius 2 is 2.00 bits per heavy atom. The summed E-state index contributed by atoms with van der Waals surface area (Å²) in [7, 11) is 0. The Labute approximate surface area is 107 Å². The van der Waals surface area contributed by atoms with Crippen molar-refractivity contribution in [1.29, 1.82) is 0 Å². The standard InChI is InChI=1S/C15H19N3/c1-10-5-7-12(8-6-10)14-13(17-18-15(14)16)9-11-3-2-4-11/h5-8,11H,2-4,9H2,1H3,(H3,16,17,18). The number of rotatable bonds is 3. The maximum atomic E-state index is 6.00. The predicted molar refractivity (Wildman–Crippen MR) is 74.2 cm³/mol. The minimum Gasteiger partial charge on any atom is -0.382 e. The van der Waals surface area contributed by atoms with Crippen molar-refractivity contribution in [3.8, 4) is 11.1 Å². The van der Waals surface area contributed by atoms with Gasteiger partial charge >= 0.3 is 0 Å². The van der Waals surface area contributed by atoms with Crippen LogP contribution in [-0.2, 0) is 6.42 Å². The lowest BCUT2D eigenvalue weighted by Gasteiger charge is -2.25. The average Bonchev–Trinajstić information content (AvgIpc) is 2.67. The molecule has 1 aliphatic rings. The average molecular weight is 241 g/mol. The van der Waals surface area contributed by atoms with Crippen LogP contribution in [0.1, 0.15) is 30.5 Å². The van der Waals surface area contributed by atoms with Crippen LogP contribution in [-0.4, -0.2) is 10.2 Å². The number of aryl methyl sites for hydroxylation is 1. The number of nitrogens with two attached hydrogens (primary N) is 1. The Bertz CT molecular complexity index is 535. The summed E-state index contributed by atoms with van der Waals surface area (Å²) >= 11 is 0. The fraction of sp³-hybridized carbons (Fsp3) is 0.400. The molecule has 0 aliphatic heterocycles. The molecule has 3 nitrogen and oxygen atoms in total. The normalized spacial score (nSPS) is 15.6. The monoisotopic (exact) mass is 241 g/mol. The fourth-order valence-corrected chi connectivity index (χ4v) is 2.57. The van der Waals surface area contributed by atoms with Gasteiger partial charge in [0.25, 0.3) is 0 Å². The number of benzene rings is 1. The summed E-state index contributed by atoms with van der Waals surface area (Å²) in [5.74, 6) is 1.43. The second-order valence-electron chi connectivity index (χ2n) is 5.33. The summed E-state index contributed by atoms with van der Waals surface area (Å²) in [4.78, 5) is 0. The first kappa shape index (κ1) is 11.3. The molecular formula is C15H19N3. The van der Waals surface area contributed by atoms with Gasteiger partial charge in [-0.15, -0.1) is 0 Å². The first-order valence-electron chi connectivity index (χ1n) is 6.64. The van der Waals surface area contributed by atoms with E-state index >= 15 is 0 Å². The van der Waals surface area contributed by atoms with E-state index in [2.05, 4.69) is 41.4 Å². The van der Waals surface area contributed by atoms with Gasteiger partial charge in [0.05, 0.1) is 0 Å². The van der Waals surface area contributed by atoms with Gasteiger partial charge in [-0.2, -0.15) is 5.10 Å². The maximum absolute atomic E-state index is 6.00. The number of anilines is 1. The highest BCUT2D eigenvalue weighted by Crippen LogP contribution is 2.34. The molecule has 0 saturated heterocycles. The molecule has 3 heteroatoms. The lowest BCUT2D eigenvalue weighted by molar-refractivity contribution is 0.312. The zero-order valence-corrected chi connectivity index (χ0v) is 10.7. The summed E-state index contributed by atoms with van der Waals surface area (Å²) in [6, 6.07) is 8.49. The molecule has 1 saturated carbocycles. The first-order valence-corrected chi connectivity index (χ1v) is 6.64. The van der Waals surface area contributed by atoms with E-state index in [0.29, 0.717) is 5.82 Å². The van der Waals surface area contributed by atoms with Crippen molar-refractivity contribution in [1.82, 2.24) is 10.2 Å². The Hall–Kier alpha value is -1.77. The molecule has 1 aromatic carbocycles. The number of aromatic amines is 1.